The van der Waals surface area contributed by atoms with Crippen molar-refractivity contribution in [2.45, 2.75) is 30.1 Å². The van der Waals surface area contributed by atoms with Gasteiger partial charge in [0.05, 0.1) is 6.61 Å². The number of aliphatic hydroxyl groups excluding tert-OH is 2. The van der Waals surface area contributed by atoms with Gasteiger partial charge in [-0.15, -0.1) is 0 Å². The zero-order chi connectivity index (χ0) is 25.1. The summed E-state index contributed by atoms with van der Waals surface area (Å²) in [4.78, 5) is 25.8. The monoisotopic (exact) mass is 486 g/mol. The Morgan fingerprint density at radius 3 is 1.75 bits per heavy atom. The summed E-state index contributed by atoms with van der Waals surface area (Å²) in [5.41, 5.74) is 0.289. The first-order valence-electron chi connectivity index (χ1n) is 11.6. The molecule has 0 amide bonds. The van der Waals surface area contributed by atoms with Gasteiger partial charge < -0.3 is 19.7 Å². The summed E-state index contributed by atoms with van der Waals surface area (Å²) in [6.45, 7) is -0.0918. The number of H-pyrrole nitrogens is 1. The molecule has 4 atom stereocenters. The molecule has 36 heavy (non-hydrogen) atoms. The second-order valence-electron chi connectivity index (χ2n) is 8.65. The molecule has 0 bridgehead atoms. The van der Waals surface area contributed by atoms with Gasteiger partial charge in [-0.1, -0.05) is 91.0 Å². The summed E-state index contributed by atoms with van der Waals surface area (Å²) in [5, 5.41) is 21.5. The van der Waals surface area contributed by atoms with Crippen LogP contribution in [0, 0.1) is 0 Å². The second kappa shape index (κ2) is 10.0. The molecular formula is C28H26N2O6. The molecule has 3 aromatic carbocycles. The van der Waals surface area contributed by atoms with Crippen molar-refractivity contribution in [1.29, 1.82) is 0 Å². The molecule has 1 fully saturated rings. The van der Waals surface area contributed by atoms with Crippen LogP contribution in [0.2, 0.25) is 0 Å². The van der Waals surface area contributed by atoms with E-state index >= 15 is 0 Å². The highest BCUT2D eigenvalue weighted by atomic mass is 16.6. The fourth-order valence-electron chi connectivity index (χ4n) is 4.70. The van der Waals surface area contributed by atoms with Gasteiger partial charge in [0.1, 0.15) is 23.9 Å². The van der Waals surface area contributed by atoms with Crippen LogP contribution >= 0.6 is 0 Å². The first-order valence-corrected chi connectivity index (χ1v) is 11.6. The third-order valence-electron chi connectivity index (χ3n) is 6.47. The maximum Gasteiger partial charge on any atom is 0.330 e. The fourth-order valence-corrected chi connectivity index (χ4v) is 4.70. The van der Waals surface area contributed by atoms with E-state index in [1.54, 1.807) is 0 Å². The van der Waals surface area contributed by atoms with Crippen LogP contribution < -0.4 is 11.2 Å². The van der Waals surface area contributed by atoms with E-state index in [9.17, 15) is 19.8 Å². The minimum Gasteiger partial charge on any atom is -0.387 e. The maximum atomic E-state index is 12.3. The molecule has 0 saturated carbocycles. The zero-order valence-electron chi connectivity index (χ0n) is 19.3. The highest BCUT2D eigenvalue weighted by molar-refractivity contribution is 5.47. The molecule has 5 rings (SSSR count). The van der Waals surface area contributed by atoms with E-state index in [0.29, 0.717) is 0 Å². The average Bonchev–Trinajstić information content (AvgIpc) is 3.19. The molecule has 1 aliphatic rings. The molecule has 0 unspecified atom stereocenters. The van der Waals surface area contributed by atoms with Crippen LogP contribution in [0.3, 0.4) is 0 Å². The summed E-state index contributed by atoms with van der Waals surface area (Å²) >= 11 is 0. The van der Waals surface area contributed by atoms with E-state index in [0.717, 1.165) is 27.3 Å². The lowest BCUT2D eigenvalue weighted by molar-refractivity contribution is -0.0958. The lowest BCUT2D eigenvalue weighted by atomic mass is 9.80. The van der Waals surface area contributed by atoms with Gasteiger partial charge in [0, 0.05) is 12.3 Å². The van der Waals surface area contributed by atoms with Crippen molar-refractivity contribution in [1.82, 2.24) is 9.55 Å². The van der Waals surface area contributed by atoms with Crippen LogP contribution in [-0.2, 0) is 15.1 Å². The van der Waals surface area contributed by atoms with E-state index in [1.165, 1.54) is 6.20 Å². The number of nitrogens with one attached hydrogen (secondary N) is 1. The number of ether oxygens (including phenoxy) is 2. The van der Waals surface area contributed by atoms with E-state index < -0.39 is 41.4 Å². The van der Waals surface area contributed by atoms with Crippen molar-refractivity contribution in [2.24, 2.45) is 0 Å². The maximum absolute atomic E-state index is 12.3. The van der Waals surface area contributed by atoms with Crippen molar-refractivity contribution in [3.8, 4) is 0 Å². The van der Waals surface area contributed by atoms with Crippen LogP contribution in [0.15, 0.2) is 113 Å². The average molecular weight is 487 g/mol. The summed E-state index contributed by atoms with van der Waals surface area (Å²) in [6.07, 6.45) is -3.62. The largest absolute Gasteiger partial charge is 0.387 e. The molecule has 1 saturated heterocycles. The molecular weight excluding hydrogens is 460 g/mol. The first kappa shape index (κ1) is 23.9. The van der Waals surface area contributed by atoms with Crippen LogP contribution in [-0.4, -0.2) is 44.7 Å². The van der Waals surface area contributed by atoms with Gasteiger partial charge in [-0.2, -0.15) is 0 Å². The Morgan fingerprint density at radius 2 is 1.28 bits per heavy atom. The van der Waals surface area contributed by atoms with Crippen LogP contribution in [0.1, 0.15) is 22.9 Å². The van der Waals surface area contributed by atoms with Crippen LogP contribution in [0.4, 0.5) is 0 Å². The Hall–Kier alpha value is -3.82. The van der Waals surface area contributed by atoms with E-state index in [1.807, 2.05) is 91.0 Å². The van der Waals surface area contributed by atoms with Gasteiger partial charge >= 0.3 is 5.69 Å². The predicted molar refractivity (Wildman–Crippen MR) is 132 cm³/mol. The minimum absolute atomic E-state index is 0.0918. The van der Waals surface area contributed by atoms with E-state index in [4.69, 9.17) is 9.47 Å². The van der Waals surface area contributed by atoms with Crippen LogP contribution in [0.5, 0.6) is 0 Å². The molecule has 1 aliphatic heterocycles. The molecule has 3 N–H and O–H groups in total. The number of aliphatic hydroxyl groups is 2. The third-order valence-corrected chi connectivity index (χ3v) is 6.47. The van der Waals surface area contributed by atoms with Crippen molar-refractivity contribution in [2.75, 3.05) is 6.61 Å². The molecule has 8 nitrogen and oxygen atoms in total. The Balaban J connectivity index is 1.52. The molecule has 0 spiro atoms. The lowest BCUT2D eigenvalue weighted by Crippen LogP contribution is -2.40. The van der Waals surface area contributed by atoms with E-state index in [-0.39, 0.29) is 6.61 Å². The second-order valence-corrected chi connectivity index (χ2v) is 8.65. The topological polar surface area (TPSA) is 114 Å². The van der Waals surface area contributed by atoms with E-state index in [2.05, 4.69) is 4.98 Å². The van der Waals surface area contributed by atoms with Gasteiger partial charge in [-0.05, 0) is 16.7 Å². The Bertz CT molecular complexity index is 1310. The highest BCUT2D eigenvalue weighted by Crippen LogP contribution is 2.41. The SMILES string of the molecule is O=c1ccn([C@@H]2O[C@H](COC(c3ccccc3)(c3ccccc3)c3ccccc3)[C@@H](O)[C@H]2O)c(=O)[nH]1. The molecule has 0 aliphatic carbocycles. The molecule has 184 valence electrons. The zero-order valence-corrected chi connectivity index (χ0v) is 19.3. The Kier molecular flexibility index (Phi) is 6.67. The number of nitrogens with zero attached hydrogens (tertiary/aromatic N) is 1. The summed E-state index contributed by atoms with van der Waals surface area (Å²) < 4.78 is 13.6. The number of benzene rings is 3. The van der Waals surface area contributed by atoms with Gasteiger partial charge in [-0.25, -0.2) is 4.79 Å². The number of aromatic nitrogens is 2. The van der Waals surface area contributed by atoms with Crippen LogP contribution in [0.25, 0.3) is 0 Å². The molecule has 0 radical (unpaired) electrons. The predicted octanol–water partition coefficient (Wildman–Crippen LogP) is 2.16. The molecule has 1 aromatic heterocycles. The molecule has 4 aromatic rings. The van der Waals surface area contributed by atoms with Crippen molar-refractivity contribution < 1.29 is 19.7 Å². The Labute approximate surface area is 207 Å². The first-order chi connectivity index (χ1) is 17.5. The quantitative estimate of drug-likeness (QED) is 0.345. The standard InChI is InChI=1S/C28H26N2O6/c31-23-16-17-30(27(34)29-23)26-25(33)24(32)22(36-26)18-35-28(19-10-4-1-5-11-19,20-12-6-2-7-13-20)21-14-8-3-9-15-21/h1-17,22,24-26,32-33H,18H2,(H,29,31,34)/t22-,24-,25-,26-/m1/s1. The van der Waals surface area contributed by atoms with Crippen molar-refractivity contribution in [3.63, 3.8) is 0 Å². The third kappa shape index (κ3) is 4.31. The van der Waals surface area contributed by atoms with Gasteiger partial charge in [0.2, 0.25) is 0 Å². The number of hydrogen-bond donors (Lipinski definition) is 3. The normalized spacial score (nSPS) is 21.9. The highest BCUT2D eigenvalue weighted by Gasteiger charge is 2.46. The summed E-state index contributed by atoms with van der Waals surface area (Å²) in [6, 6.07) is 30.4. The molecule has 8 heteroatoms. The summed E-state index contributed by atoms with van der Waals surface area (Å²) in [7, 11) is 0. The lowest BCUT2D eigenvalue weighted by Gasteiger charge is -2.37. The van der Waals surface area contributed by atoms with Crippen molar-refractivity contribution >= 4 is 0 Å². The fraction of sp³-hybridized carbons (Fsp3) is 0.214. The molecule has 2 heterocycles. The van der Waals surface area contributed by atoms with Gasteiger partial charge in [0.25, 0.3) is 5.56 Å². The number of rotatable bonds is 7. The van der Waals surface area contributed by atoms with Gasteiger partial charge in [0.15, 0.2) is 6.23 Å². The summed E-state index contributed by atoms with van der Waals surface area (Å²) in [5.74, 6) is 0. The van der Waals surface area contributed by atoms with Gasteiger partial charge in [-0.3, -0.25) is 14.3 Å². The smallest absolute Gasteiger partial charge is 0.330 e. The number of hydrogen-bond acceptors (Lipinski definition) is 6. The minimum atomic E-state index is -1.40. The number of aromatic amines is 1. The Morgan fingerprint density at radius 1 is 0.778 bits per heavy atom. The van der Waals surface area contributed by atoms with Crippen molar-refractivity contribution in [3.05, 3.63) is 141 Å².